The number of halogens is 1. The molecule has 28 heavy (non-hydrogen) atoms. The van der Waals surface area contributed by atoms with Crippen molar-refractivity contribution in [3.05, 3.63) is 48.3 Å². The Balaban J connectivity index is 1.17. The maximum Gasteiger partial charge on any atom is 0.407 e. The second kappa shape index (κ2) is 7.79. The first-order chi connectivity index (χ1) is 13.6. The molecule has 2 aromatic heterocycles. The molecule has 0 saturated heterocycles. The van der Waals surface area contributed by atoms with Gasteiger partial charge in [0.2, 0.25) is 0 Å². The second-order valence-electron chi connectivity index (χ2n) is 6.99. The standard InChI is InChI=1S/C19H21FN6O2/c20-15-3-1-12(2-4-15)5-6-22-19(27)28-9-14-7-13(14)8-26-11-25-16-17(21)23-10-24-18(16)26/h1-4,10-11,13-14H,5-9H2,(H,22,27)(H2,21,23,24). The molecule has 2 heterocycles. The van der Waals surface area contributed by atoms with Crippen molar-refractivity contribution in [1.29, 1.82) is 0 Å². The fourth-order valence-corrected chi connectivity index (χ4v) is 3.22. The summed E-state index contributed by atoms with van der Waals surface area (Å²) in [5.74, 6) is 0.853. The zero-order valence-electron chi connectivity index (χ0n) is 15.2. The van der Waals surface area contributed by atoms with Crippen LogP contribution in [-0.2, 0) is 17.7 Å². The minimum absolute atomic E-state index is 0.269. The average molecular weight is 384 g/mol. The van der Waals surface area contributed by atoms with Crippen LogP contribution in [0.5, 0.6) is 0 Å². The van der Waals surface area contributed by atoms with Gasteiger partial charge in [-0.15, -0.1) is 0 Å². The molecule has 3 N–H and O–H groups in total. The average Bonchev–Trinajstić information content (AvgIpc) is 3.30. The molecule has 1 saturated carbocycles. The van der Waals surface area contributed by atoms with Crippen LogP contribution in [0.15, 0.2) is 36.9 Å². The van der Waals surface area contributed by atoms with Gasteiger partial charge >= 0.3 is 6.09 Å². The number of nitrogens with two attached hydrogens (primary N) is 1. The number of hydrogen-bond acceptors (Lipinski definition) is 6. The van der Waals surface area contributed by atoms with Gasteiger partial charge < -0.3 is 20.4 Å². The van der Waals surface area contributed by atoms with E-state index in [0.29, 0.717) is 42.7 Å². The van der Waals surface area contributed by atoms with Gasteiger partial charge in [0.25, 0.3) is 0 Å². The van der Waals surface area contributed by atoms with Gasteiger partial charge in [0, 0.05) is 13.1 Å². The summed E-state index contributed by atoms with van der Waals surface area (Å²) in [4.78, 5) is 24.3. The molecule has 1 amide bonds. The Hall–Kier alpha value is -3.23. The van der Waals surface area contributed by atoms with Crippen molar-refractivity contribution < 1.29 is 13.9 Å². The van der Waals surface area contributed by atoms with Crippen LogP contribution < -0.4 is 11.1 Å². The number of rotatable bonds is 7. The summed E-state index contributed by atoms with van der Waals surface area (Å²) in [5.41, 5.74) is 8.09. The van der Waals surface area contributed by atoms with Crippen LogP contribution in [0.3, 0.4) is 0 Å². The van der Waals surface area contributed by atoms with Gasteiger partial charge in [-0.1, -0.05) is 12.1 Å². The highest BCUT2D eigenvalue weighted by Gasteiger charge is 2.38. The molecule has 1 aliphatic rings. The predicted molar refractivity (Wildman–Crippen MR) is 101 cm³/mol. The van der Waals surface area contributed by atoms with E-state index in [4.69, 9.17) is 10.5 Å². The number of carbonyl (C=O) groups is 1. The Morgan fingerprint density at radius 2 is 2.07 bits per heavy atom. The second-order valence-corrected chi connectivity index (χ2v) is 6.99. The highest BCUT2D eigenvalue weighted by molar-refractivity contribution is 5.81. The number of ether oxygens (including phenoxy) is 1. The lowest BCUT2D eigenvalue weighted by atomic mass is 10.1. The molecule has 2 unspecified atom stereocenters. The van der Waals surface area contributed by atoms with E-state index >= 15 is 0 Å². The minimum atomic E-state index is -0.429. The molecule has 3 aromatic rings. The molecule has 1 aliphatic carbocycles. The molecule has 8 nitrogen and oxygen atoms in total. The molecule has 0 aliphatic heterocycles. The summed E-state index contributed by atoms with van der Waals surface area (Å²) >= 11 is 0. The molecule has 9 heteroatoms. The zero-order valence-corrected chi connectivity index (χ0v) is 15.2. The van der Waals surface area contributed by atoms with Crippen molar-refractivity contribution in [1.82, 2.24) is 24.8 Å². The largest absolute Gasteiger partial charge is 0.449 e. The number of fused-ring (bicyclic) bond motifs is 1. The molecular formula is C19H21FN6O2. The number of imidazole rings is 1. The van der Waals surface area contributed by atoms with E-state index < -0.39 is 6.09 Å². The summed E-state index contributed by atoms with van der Waals surface area (Å²) in [6.45, 7) is 1.59. The lowest BCUT2D eigenvalue weighted by molar-refractivity contribution is 0.139. The van der Waals surface area contributed by atoms with Gasteiger partial charge in [0.05, 0.1) is 12.9 Å². The maximum atomic E-state index is 12.9. The van der Waals surface area contributed by atoms with E-state index in [9.17, 15) is 9.18 Å². The van der Waals surface area contributed by atoms with Crippen LogP contribution in [0, 0.1) is 17.7 Å². The Kier molecular flexibility index (Phi) is 5.05. The first-order valence-corrected chi connectivity index (χ1v) is 9.16. The van der Waals surface area contributed by atoms with Crippen molar-refractivity contribution in [2.45, 2.75) is 19.4 Å². The maximum absolute atomic E-state index is 12.9. The number of aromatic nitrogens is 4. The molecule has 0 bridgehead atoms. The fourth-order valence-electron chi connectivity index (χ4n) is 3.22. The number of nitrogen functional groups attached to an aromatic ring is 1. The van der Waals surface area contributed by atoms with Crippen molar-refractivity contribution in [3.8, 4) is 0 Å². The van der Waals surface area contributed by atoms with Crippen LogP contribution in [-0.4, -0.2) is 38.8 Å². The number of hydrogen-bond donors (Lipinski definition) is 2. The molecule has 146 valence electrons. The highest BCUT2D eigenvalue weighted by atomic mass is 19.1. The van der Waals surface area contributed by atoms with Crippen LogP contribution >= 0.6 is 0 Å². The van der Waals surface area contributed by atoms with Gasteiger partial charge in [-0.2, -0.15) is 0 Å². The quantitative estimate of drug-likeness (QED) is 0.646. The summed E-state index contributed by atoms with van der Waals surface area (Å²) in [6, 6.07) is 6.22. The van der Waals surface area contributed by atoms with E-state index in [1.807, 2.05) is 4.57 Å². The van der Waals surface area contributed by atoms with Gasteiger partial charge in [-0.3, -0.25) is 0 Å². The number of nitrogens with one attached hydrogen (secondary N) is 1. The smallest absolute Gasteiger partial charge is 0.407 e. The molecule has 1 fully saturated rings. The first-order valence-electron chi connectivity index (χ1n) is 9.16. The van der Waals surface area contributed by atoms with Crippen molar-refractivity contribution in [3.63, 3.8) is 0 Å². The minimum Gasteiger partial charge on any atom is -0.449 e. The Morgan fingerprint density at radius 3 is 2.89 bits per heavy atom. The van der Waals surface area contributed by atoms with Gasteiger partial charge in [-0.05, 0) is 42.4 Å². The third-order valence-corrected chi connectivity index (χ3v) is 4.95. The number of anilines is 1. The number of alkyl carbamates (subject to hydrolysis) is 1. The van der Waals surface area contributed by atoms with Crippen molar-refractivity contribution in [2.75, 3.05) is 18.9 Å². The summed E-state index contributed by atoms with van der Waals surface area (Å²) in [5, 5.41) is 2.72. The molecule has 4 rings (SSSR count). The van der Waals surface area contributed by atoms with Crippen LogP contribution in [0.1, 0.15) is 12.0 Å². The monoisotopic (exact) mass is 384 g/mol. The number of carbonyl (C=O) groups excluding carboxylic acids is 1. The Labute approximate surface area is 160 Å². The lowest BCUT2D eigenvalue weighted by Crippen LogP contribution is -2.27. The van der Waals surface area contributed by atoms with E-state index in [0.717, 1.165) is 24.2 Å². The summed E-state index contributed by atoms with van der Waals surface area (Å²) < 4.78 is 20.1. The van der Waals surface area contributed by atoms with E-state index in [1.165, 1.54) is 18.5 Å². The third-order valence-electron chi connectivity index (χ3n) is 4.95. The highest BCUT2D eigenvalue weighted by Crippen LogP contribution is 2.40. The molecule has 0 spiro atoms. The fraction of sp³-hybridized carbons (Fsp3) is 0.368. The number of nitrogens with zero attached hydrogens (tertiary/aromatic N) is 4. The Morgan fingerprint density at radius 1 is 1.25 bits per heavy atom. The molecule has 1 aromatic carbocycles. The predicted octanol–water partition coefficient (Wildman–Crippen LogP) is 2.15. The van der Waals surface area contributed by atoms with Crippen LogP contribution in [0.4, 0.5) is 15.0 Å². The van der Waals surface area contributed by atoms with E-state index in [1.54, 1.807) is 18.5 Å². The molecule has 2 atom stereocenters. The topological polar surface area (TPSA) is 108 Å². The van der Waals surface area contributed by atoms with Gasteiger partial charge in [-0.25, -0.2) is 24.1 Å². The van der Waals surface area contributed by atoms with E-state index in [-0.39, 0.29) is 5.82 Å². The normalized spacial score (nSPS) is 18.2. The first kappa shape index (κ1) is 18.1. The third kappa shape index (κ3) is 4.19. The number of amides is 1. The lowest BCUT2D eigenvalue weighted by Gasteiger charge is -2.07. The van der Waals surface area contributed by atoms with Crippen LogP contribution in [0.25, 0.3) is 11.2 Å². The summed E-state index contributed by atoms with van der Waals surface area (Å²) in [6.07, 6.45) is 4.33. The van der Waals surface area contributed by atoms with Gasteiger partial charge in [0.15, 0.2) is 11.5 Å². The van der Waals surface area contributed by atoms with Crippen molar-refractivity contribution in [2.24, 2.45) is 11.8 Å². The van der Waals surface area contributed by atoms with E-state index in [2.05, 4.69) is 20.3 Å². The van der Waals surface area contributed by atoms with Crippen molar-refractivity contribution >= 4 is 23.1 Å². The Bertz CT molecular complexity index is 974. The SMILES string of the molecule is Nc1ncnc2c1ncn2CC1CC1COC(=O)NCCc1ccc(F)cc1. The summed E-state index contributed by atoms with van der Waals surface area (Å²) in [7, 11) is 0. The van der Waals surface area contributed by atoms with Gasteiger partial charge in [0.1, 0.15) is 17.7 Å². The van der Waals surface area contributed by atoms with Crippen LogP contribution in [0.2, 0.25) is 0 Å². The molecular weight excluding hydrogens is 363 g/mol. The molecule has 0 radical (unpaired) electrons. The zero-order chi connectivity index (χ0) is 19.5. The number of benzene rings is 1.